The maximum atomic E-state index is 11.0. The molecule has 19 heavy (non-hydrogen) atoms. The number of hydrogen-bond donors (Lipinski definition) is 1. The van der Waals surface area contributed by atoms with E-state index in [1.54, 1.807) is 13.3 Å². The quantitative estimate of drug-likeness (QED) is 0.899. The molecule has 0 aliphatic heterocycles. The molecule has 3 nitrogen and oxygen atoms in total. The van der Waals surface area contributed by atoms with E-state index >= 15 is 0 Å². The highest BCUT2D eigenvalue weighted by atomic mass is 16.5. The Bertz CT molecular complexity index is 584. The molecule has 1 heterocycles. The van der Waals surface area contributed by atoms with E-state index in [2.05, 4.69) is 4.98 Å². The number of benzene rings is 1. The lowest BCUT2D eigenvalue weighted by atomic mass is 9.77. The number of para-hydroxylation sites is 1. The van der Waals surface area contributed by atoms with Gasteiger partial charge in [0, 0.05) is 24.3 Å². The highest BCUT2D eigenvalue weighted by Gasteiger charge is 2.41. The van der Waals surface area contributed by atoms with Crippen molar-refractivity contribution in [2.24, 2.45) is 0 Å². The SMILES string of the molecule is COC1CCCCC1(O)c1cnc2ccccc2c1. The van der Waals surface area contributed by atoms with Crippen LogP contribution >= 0.6 is 0 Å². The molecule has 2 unspecified atom stereocenters. The first-order valence-electron chi connectivity index (χ1n) is 6.84. The van der Waals surface area contributed by atoms with Crippen molar-refractivity contribution < 1.29 is 9.84 Å². The molecule has 3 rings (SSSR count). The smallest absolute Gasteiger partial charge is 0.117 e. The van der Waals surface area contributed by atoms with Crippen molar-refractivity contribution in [3.8, 4) is 0 Å². The summed E-state index contributed by atoms with van der Waals surface area (Å²) >= 11 is 0. The van der Waals surface area contributed by atoms with Crippen LogP contribution in [0.15, 0.2) is 36.5 Å². The van der Waals surface area contributed by atoms with Gasteiger partial charge in [0.25, 0.3) is 0 Å². The molecule has 1 saturated carbocycles. The van der Waals surface area contributed by atoms with Crippen LogP contribution in [0, 0.1) is 0 Å². The number of fused-ring (bicyclic) bond motifs is 1. The normalized spacial score (nSPS) is 27.6. The van der Waals surface area contributed by atoms with Crippen LogP contribution in [-0.4, -0.2) is 23.3 Å². The summed E-state index contributed by atoms with van der Waals surface area (Å²) in [6.07, 6.45) is 5.44. The maximum absolute atomic E-state index is 11.0. The van der Waals surface area contributed by atoms with Gasteiger partial charge in [-0.3, -0.25) is 4.98 Å². The topological polar surface area (TPSA) is 42.4 Å². The summed E-state index contributed by atoms with van der Waals surface area (Å²) < 4.78 is 5.50. The number of nitrogens with zero attached hydrogens (tertiary/aromatic N) is 1. The Kier molecular flexibility index (Phi) is 3.25. The van der Waals surface area contributed by atoms with Gasteiger partial charge in [0.1, 0.15) is 5.60 Å². The Hall–Kier alpha value is -1.45. The molecule has 0 saturated heterocycles. The van der Waals surface area contributed by atoms with Gasteiger partial charge < -0.3 is 9.84 Å². The van der Waals surface area contributed by atoms with E-state index < -0.39 is 5.60 Å². The number of methoxy groups -OCH3 is 1. The molecular formula is C16H19NO2. The number of ether oxygens (including phenoxy) is 1. The fraction of sp³-hybridized carbons (Fsp3) is 0.438. The molecule has 0 spiro atoms. The van der Waals surface area contributed by atoms with Crippen LogP contribution in [0.2, 0.25) is 0 Å². The Morgan fingerprint density at radius 3 is 3.00 bits per heavy atom. The van der Waals surface area contributed by atoms with Gasteiger partial charge in [-0.05, 0) is 25.0 Å². The molecule has 1 N–H and O–H groups in total. The van der Waals surface area contributed by atoms with E-state index in [-0.39, 0.29) is 6.10 Å². The second-order valence-electron chi connectivity index (χ2n) is 5.31. The highest BCUT2D eigenvalue weighted by molar-refractivity contribution is 5.78. The summed E-state index contributed by atoms with van der Waals surface area (Å²) in [6.45, 7) is 0. The molecule has 3 heteroatoms. The molecule has 2 atom stereocenters. The summed E-state index contributed by atoms with van der Waals surface area (Å²) in [6, 6.07) is 10.0. The molecule has 0 radical (unpaired) electrons. The van der Waals surface area contributed by atoms with Gasteiger partial charge in [0.15, 0.2) is 0 Å². The standard InChI is InChI=1S/C16H19NO2/c1-19-15-8-4-5-9-16(15,18)13-10-12-6-2-3-7-14(12)17-11-13/h2-3,6-7,10-11,15,18H,4-5,8-9H2,1H3. The largest absolute Gasteiger partial charge is 0.382 e. The predicted molar refractivity (Wildman–Crippen MR) is 74.9 cm³/mol. The van der Waals surface area contributed by atoms with E-state index in [0.29, 0.717) is 0 Å². The number of rotatable bonds is 2. The van der Waals surface area contributed by atoms with E-state index in [1.165, 1.54) is 0 Å². The number of aromatic nitrogens is 1. The third kappa shape index (κ3) is 2.13. The molecule has 1 aromatic carbocycles. The van der Waals surface area contributed by atoms with Crippen molar-refractivity contribution in [3.63, 3.8) is 0 Å². The average molecular weight is 257 g/mol. The molecule has 2 aromatic rings. The fourth-order valence-corrected chi connectivity index (χ4v) is 3.07. The van der Waals surface area contributed by atoms with Gasteiger partial charge in [0.05, 0.1) is 11.6 Å². The summed E-state index contributed by atoms with van der Waals surface area (Å²) in [4.78, 5) is 4.45. The lowest BCUT2D eigenvalue weighted by molar-refractivity contribution is -0.122. The van der Waals surface area contributed by atoms with Crippen LogP contribution in [0.3, 0.4) is 0 Å². The van der Waals surface area contributed by atoms with E-state index in [0.717, 1.165) is 42.1 Å². The lowest BCUT2D eigenvalue weighted by Crippen LogP contribution is -2.43. The zero-order chi connectivity index (χ0) is 13.3. The van der Waals surface area contributed by atoms with Gasteiger partial charge in [0.2, 0.25) is 0 Å². The van der Waals surface area contributed by atoms with Crippen molar-refractivity contribution in [3.05, 3.63) is 42.1 Å². The lowest BCUT2D eigenvalue weighted by Gasteiger charge is -2.39. The van der Waals surface area contributed by atoms with E-state index in [4.69, 9.17) is 4.74 Å². The maximum Gasteiger partial charge on any atom is 0.117 e. The van der Waals surface area contributed by atoms with Crippen LogP contribution in [0.1, 0.15) is 31.2 Å². The zero-order valence-electron chi connectivity index (χ0n) is 11.2. The van der Waals surface area contributed by atoms with E-state index in [1.807, 2.05) is 30.3 Å². The molecule has 1 aromatic heterocycles. The Morgan fingerprint density at radius 2 is 2.16 bits per heavy atom. The second kappa shape index (κ2) is 4.91. The molecule has 1 aliphatic rings. The van der Waals surface area contributed by atoms with Gasteiger partial charge in [-0.15, -0.1) is 0 Å². The van der Waals surface area contributed by atoms with Crippen molar-refractivity contribution in [2.45, 2.75) is 37.4 Å². The first kappa shape index (κ1) is 12.6. The van der Waals surface area contributed by atoms with Crippen LogP contribution in [0.5, 0.6) is 0 Å². The van der Waals surface area contributed by atoms with Crippen molar-refractivity contribution in [1.82, 2.24) is 4.98 Å². The minimum absolute atomic E-state index is 0.135. The minimum Gasteiger partial charge on any atom is -0.382 e. The van der Waals surface area contributed by atoms with E-state index in [9.17, 15) is 5.11 Å². The van der Waals surface area contributed by atoms with Crippen LogP contribution in [-0.2, 0) is 10.3 Å². The molecule has 100 valence electrons. The van der Waals surface area contributed by atoms with Crippen LogP contribution in [0.4, 0.5) is 0 Å². The fourth-order valence-electron chi connectivity index (χ4n) is 3.07. The third-order valence-corrected chi connectivity index (χ3v) is 4.18. The van der Waals surface area contributed by atoms with Gasteiger partial charge in [-0.1, -0.05) is 31.0 Å². The minimum atomic E-state index is -0.899. The Labute approximate surface area is 113 Å². The zero-order valence-corrected chi connectivity index (χ0v) is 11.2. The molecule has 1 aliphatic carbocycles. The predicted octanol–water partition coefficient (Wildman–Crippen LogP) is 3.01. The Morgan fingerprint density at radius 1 is 1.32 bits per heavy atom. The number of hydrogen-bond acceptors (Lipinski definition) is 3. The first-order chi connectivity index (χ1) is 9.24. The first-order valence-corrected chi connectivity index (χ1v) is 6.84. The monoisotopic (exact) mass is 257 g/mol. The summed E-state index contributed by atoms with van der Waals surface area (Å²) in [7, 11) is 1.68. The highest BCUT2D eigenvalue weighted by Crippen LogP contribution is 2.39. The van der Waals surface area contributed by atoms with Gasteiger partial charge in [-0.25, -0.2) is 0 Å². The summed E-state index contributed by atoms with van der Waals surface area (Å²) in [5, 5.41) is 12.1. The van der Waals surface area contributed by atoms with Crippen molar-refractivity contribution >= 4 is 10.9 Å². The second-order valence-corrected chi connectivity index (χ2v) is 5.31. The van der Waals surface area contributed by atoms with Crippen molar-refractivity contribution in [2.75, 3.05) is 7.11 Å². The Balaban J connectivity index is 2.06. The number of pyridine rings is 1. The summed E-state index contributed by atoms with van der Waals surface area (Å²) in [5.74, 6) is 0. The van der Waals surface area contributed by atoms with Crippen LogP contribution < -0.4 is 0 Å². The molecule has 0 amide bonds. The third-order valence-electron chi connectivity index (χ3n) is 4.18. The van der Waals surface area contributed by atoms with Crippen molar-refractivity contribution in [1.29, 1.82) is 0 Å². The average Bonchev–Trinajstić information content (AvgIpc) is 2.47. The summed E-state index contributed by atoms with van der Waals surface area (Å²) in [5.41, 5.74) is 0.932. The molecule has 1 fully saturated rings. The van der Waals surface area contributed by atoms with Crippen LogP contribution in [0.25, 0.3) is 10.9 Å². The van der Waals surface area contributed by atoms with Gasteiger partial charge >= 0.3 is 0 Å². The van der Waals surface area contributed by atoms with Gasteiger partial charge in [-0.2, -0.15) is 0 Å². The molecular weight excluding hydrogens is 238 g/mol. The number of aliphatic hydroxyl groups is 1. The molecule has 0 bridgehead atoms.